The molecule has 1 aliphatic rings. The van der Waals surface area contributed by atoms with Gasteiger partial charge in [-0.25, -0.2) is 9.18 Å². The normalized spacial score (nSPS) is 18.1. The molecule has 1 saturated heterocycles. The van der Waals surface area contributed by atoms with E-state index in [4.69, 9.17) is 16.2 Å². The zero-order chi connectivity index (χ0) is 23.8. The molecule has 1 fully saturated rings. The number of halogens is 1. The van der Waals surface area contributed by atoms with Gasteiger partial charge in [0, 0.05) is 13.1 Å². The van der Waals surface area contributed by atoms with E-state index >= 15 is 0 Å². The van der Waals surface area contributed by atoms with Crippen LogP contribution >= 0.6 is 0 Å². The fourth-order valence-corrected chi connectivity index (χ4v) is 3.44. The molecule has 1 rings (SSSR count). The van der Waals surface area contributed by atoms with Gasteiger partial charge in [-0.05, 0) is 31.1 Å². The lowest BCUT2D eigenvalue weighted by atomic mass is 9.85. The SMILES string of the molecule is CC(C)(C)C(NC(=O)O)C(=O)N1CCC[C@H]1C(=O)NC(CCCNC(=N)N)C(=O)CF. The van der Waals surface area contributed by atoms with Crippen molar-refractivity contribution in [2.75, 3.05) is 19.8 Å². The average Bonchev–Trinajstić information content (AvgIpc) is 3.16. The van der Waals surface area contributed by atoms with Gasteiger partial charge >= 0.3 is 6.09 Å². The fraction of sp³-hybridized carbons (Fsp3) is 0.737. The first-order valence-electron chi connectivity index (χ1n) is 10.1. The second-order valence-electron chi connectivity index (χ2n) is 8.58. The first-order chi connectivity index (χ1) is 14.4. The zero-order valence-corrected chi connectivity index (χ0v) is 18.2. The van der Waals surface area contributed by atoms with Crippen molar-refractivity contribution in [2.24, 2.45) is 11.1 Å². The van der Waals surface area contributed by atoms with E-state index in [0.717, 1.165) is 0 Å². The number of carbonyl (C=O) groups excluding carboxylic acids is 3. The number of nitrogens with one attached hydrogen (secondary N) is 4. The van der Waals surface area contributed by atoms with E-state index < -0.39 is 53.9 Å². The van der Waals surface area contributed by atoms with Crippen LogP contribution in [-0.2, 0) is 14.4 Å². The van der Waals surface area contributed by atoms with Gasteiger partial charge in [0.15, 0.2) is 11.7 Å². The number of ketones is 1. The average molecular weight is 445 g/mol. The van der Waals surface area contributed by atoms with Gasteiger partial charge in [-0.2, -0.15) is 0 Å². The molecule has 0 aliphatic carbocycles. The van der Waals surface area contributed by atoms with Crippen LogP contribution in [-0.4, -0.2) is 77.5 Å². The molecular weight excluding hydrogens is 411 g/mol. The van der Waals surface area contributed by atoms with Gasteiger partial charge in [-0.15, -0.1) is 0 Å². The lowest BCUT2D eigenvalue weighted by Crippen LogP contribution is -2.58. The summed E-state index contributed by atoms with van der Waals surface area (Å²) >= 11 is 0. The van der Waals surface area contributed by atoms with Crippen molar-refractivity contribution in [1.29, 1.82) is 5.41 Å². The quantitative estimate of drug-likeness (QED) is 0.155. The molecule has 0 aromatic rings. The molecule has 3 atom stereocenters. The van der Waals surface area contributed by atoms with Crippen LogP contribution < -0.4 is 21.7 Å². The molecular formula is C19H33FN6O5. The predicted octanol–water partition coefficient (Wildman–Crippen LogP) is -0.0536. The summed E-state index contributed by atoms with van der Waals surface area (Å²) in [5.74, 6) is -2.13. The third kappa shape index (κ3) is 8.02. The highest BCUT2D eigenvalue weighted by Crippen LogP contribution is 2.26. The number of carboxylic acid groups (broad SMARTS) is 1. The molecule has 7 N–H and O–H groups in total. The Morgan fingerprint density at radius 1 is 1.26 bits per heavy atom. The van der Waals surface area contributed by atoms with Crippen LogP contribution in [0.4, 0.5) is 9.18 Å². The summed E-state index contributed by atoms with van der Waals surface area (Å²) in [6.45, 7) is 4.44. The van der Waals surface area contributed by atoms with Gasteiger partial charge in [0.05, 0.1) is 6.04 Å². The molecule has 1 aliphatic heterocycles. The Bertz CT molecular complexity index is 696. The topological polar surface area (TPSA) is 178 Å². The lowest BCUT2D eigenvalue weighted by Gasteiger charge is -2.35. The highest BCUT2D eigenvalue weighted by Gasteiger charge is 2.42. The first kappa shape index (κ1) is 26.1. The van der Waals surface area contributed by atoms with Crippen LogP contribution in [0.25, 0.3) is 0 Å². The van der Waals surface area contributed by atoms with Crippen LogP contribution in [0.2, 0.25) is 0 Å². The van der Waals surface area contributed by atoms with E-state index in [9.17, 15) is 23.6 Å². The number of nitrogens with two attached hydrogens (primary N) is 1. The number of likely N-dealkylation sites (tertiary alicyclic amines) is 1. The smallest absolute Gasteiger partial charge is 0.405 e. The molecule has 11 nitrogen and oxygen atoms in total. The maximum atomic E-state index is 13.0. The van der Waals surface area contributed by atoms with Crippen LogP contribution in [0.3, 0.4) is 0 Å². The molecule has 1 heterocycles. The molecule has 12 heteroatoms. The van der Waals surface area contributed by atoms with E-state index in [0.29, 0.717) is 19.3 Å². The van der Waals surface area contributed by atoms with Crippen molar-refractivity contribution in [2.45, 2.75) is 64.6 Å². The number of alkyl halides is 1. The number of Topliss-reactive ketones (excluding diaryl/α,β-unsaturated/α-hetero) is 1. The van der Waals surface area contributed by atoms with Crippen LogP contribution in [0.15, 0.2) is 0 Å². The summed E-state index contributed by atoms with van der Waals surface area (Å²) in [6, 6.07) is -3.00. The molecule has 0 spiro atoms. The molecule has 176 valence electrons. The summed E-state index contributed by atoms with van der Waals surface area (Å²) in [6.07, 6.45) is 0.0436. The number of nitrogens with zero attached hydrogens (tertiary/aromatic N) is 1. The largest absolute Gasteiger partial charge is 0.465 e. The van der Waals surface area contributed by atoms with E-state index in [-0.39, 0.29) is 25.5 Å². The summed E-state index contributed by atoms with van der Waals surface area (Å²) < 4.78 is 13.0. The van der Waals surface area contributed by atoms with Gasteiger partial charge in [0.1, 0.15) is 18.8 Å². The summed E-state index contributed by atoms with van der Waals surface area (Å²) in [5.41, 5.74) is 4.46. The van der Waals surface area contributed by atoms with Crippen molar-refractivity contribution < 1.29 is 28.7 Å². The lowest BCUT2D eigenvalue weighted by molar-refractivity contribution is -0.142. The first-order valence-corrected chi connectivity index (χ1v) is 10.1. The maximum Gasteiger partial charge on any atom is 0.405 e. The van der Waals surface area contributed by atoms with Crippen molar-refractivity contribution >= 4 is 29.7 Å². The number of amides is 3. The van der Waals surface area contributed by atoms with Crippen molar-refractivity contribution in [3.63, 3.8) is 0 Å². The van der Waals surface area contributed by atoms with Crippen molar-refractivity contribution in [3.8, 4) is 0 Å². The van der Waals surface area contributed by atoms with Crippen LogP contribution in [0.1, 0.15) is 46.5 Å². The minimum atomic E-state index is -1.35. The highest BCUT2D eigenvalue weighted by molar-refractivity contribution is 5.95. The molecule has 2 unspecified atom stereocenters. The summed E-state index contributed by atoms with van der Waals surface area (Å²) in [5, 5.41) is 23.5. The monoisotopic (exact) mass is 444 g/mol. The Balaban J connectivity index is 2.88. The maximum absolute atomic E-state index is 13.0. The standard InChI is InChI=1S/C19H33FN6O5/c1-19(2,3)14(25-18(30)31)16(29)26-9-5-7-12(26)15(28)24-11(13(27)10-20)6-4-8-23-17(21)22/h11-12,14,25H,4-10H2,1-3H3,(H,24,28)(H,30,31)(H4,21,22,23)/t11?,12-,14?/m0/s1. The van der Waals surface area contributed by atoms with Gasteiger partial charge in [0.25, 0.3) is 0 Å². The van der Waals surface area contributed by atoms with E-state index in [2.05, 4.69) is 16.0 Å². The molecule has 0 radical (unpaired) electrons. The second kappa shape index (κ2) is 11.5. The predicted molar refractivity (Wildman–Crippen MR) is 111 cm³/mol. The third-order valence-electron chi connectivity index (χ3n) is 5.04. The summed E-state index contributed by atoms with van der Waals surface area (Å²) in [7, 11) is 0. The molecule has 0 aromatic heterocycles. The Hall–Kier alpha value is -2.92. The number of guanidine groups is 1. The number of carbonyl (C=O) groups is 4. The Kier molecular flexibility index (Phi) is 9.66. The number of hydrogen-bond donors (Lipinski definition) is 6. The zero-order valence-electron chi connectivity index (χ0n) is 18.2. The van der Waals surface area contributed by atoms with Gasteiger partial charge in [0.2, 0.25) is 11.8 Å². The fourth-order valence-electron chi connectivity index (χ4n) is 3.44. The van der Waals surface area contributed by atoms with Crippen LogP contribution in [0.5, 0.6) is 0 Å². The molecule has 31 heavy (non-hydrogen) atoms. The number of rotatable bonds is 10. The highest BCUT2D eigenvalue weighted by atomic mass is 19.1. The van der Waals surface area contributed by atoms with Gasteiger partial charge in [-0.3, -0.25) is 19.8 Å². The van der Waals surface area contributed by atoms with Gasteiger partial charge in [-0.1, -0.05) is 20.8 Å². The Labute approximate surface area is 180 Å². The van der Waals surface area contributed by atoms with Gasteiger partial charge < -0.3 is 31.7 Å². The Morgan fingerprint density at radius 3 is 2.42 bits per heavy atom. The van der Waals surface area contributed by atoms with E-state index in [1.54, 1.807) is 20.8 Å². The summed E-state index contributed by atoms with van der Waals surface area (Å²) in [4.78, 5) is 50.3. The molecule has 3 amide bonds. The van der Waals surface area contributed by atoms with E-state index in [1.807, 2.05) is 0 Å². The van der Waals surface area contributed by atoms with Crippen molar-refractivity contribution in [3.05, 3.63) is 0 Å². The number of hydrogen-bond acceptors (Lipinski definition) is 5. The molecule has 0 saturated carbocycles. The minimum absolute atomic E-state index is 0.140. The van der Waals surface area contributed by atoms with Crippen LogP contribution in [0, 0.1) is 10.8 Å². The molecule has 0 bridgehead atoms. The molecule has 0 aromatic carbocycles. The van der Waals surface area contributed by atoms with E-state index in [1.165, 1.54) is 4.90 Å². The second-order valence-corrected chi connectivity index (χ2v) is 8.58. The minimum Gasteiger partial charge on any atom is -0.465 e. The Morgan fingerprint density at radius 2 is 1.90 bits per heavy atom. The van der Waals surface area contributed by atoms with Crippen molar-refractivity contribution in [1.82, 2.24) is 20.9 Å². The third-order valence-corrected chi connectivity index (χ3v) is 5.04.